The maximum Gasteiger partial charge on any atom is 0.329 e. The predicted molar refractivity (Wildman–Crippen MR) is 68.6 cm³/mol. The number of rotatable bonds is 5. The van der Waals surface area contributed by atoms with Crippen LogP contribution in [0.2, 0.25) is 0 Å². The monoisotopic (exact) mass is 285 g/mol. The van der Waals surface area contributed by atoms with E-state index in [0.29, 0.717) is 6.42 Å². The molecule has 1 aliphatic heterocycles. The highest BCUT2D eigenvalue weighted by atomic mass is 16.5. The Hall–Kier alpha value is -2.12. The third kappa shape index (κ3) is 5.25. The van der Waals surface area contributed by atoms with Gasteiger partial charge in [0, 0.05) is 12.5 Å². The second-order valence-electron chi connectivity index (χ2n) is 4.60. The van der Waals surface area contributed by atoms with Crippen LogP contribution in [-0.4, -0.2) is 42.5 Å². The molecule has 0 spiro atoms. The summed E-state index contributed by atoms with van der Waals surface area (Å²) < 4.78 is 4.72. The second kappa shape index (κ2) is 7.46. The van der Waals surface area contributed by atoms with Crippen molar-refractivity contribution in [2.24, 2.45) is 0 Å². The van der Waals surface area contributed by atoms with E-state index in [0.717, 1.165) is 6.42 Å². The quantitative estimate of drug-likeness (QED) is 0.585. The molecule has 20 heavy (non-hydrogen) atoms. The summed E-state index contributed by atoms with van der Waals surface area (Å²) in [7, 11) is 0. The lowest BCUT2D eigenvalue weighted by Gasteiger charge is -2.12. The van der Waals surface area contributed by atoms with Gasteiger partial charge in [-0.2, -0.15) is 0 Å². The molecule has 4 amide bonds. The van der Waals surface area contributed by atoms with Gasteiger partial charge in [0.25, 0.3) is 5.91 Å². The second-order valence-corrected chi connectivity index (χ2v) is 4.60. The molecule has 1 heterocycles. The Morgan fingerprint density at radius 3 is 2.70 bits per heavy atom. The third-order valence-electron chi connectivity index (χ3n) is 2.87. The normalized spacial score (nSPS) is 18.9. The summed E-state index contributed by atoms with van der Waals surface area (Å²) in [5.74, 6) is -1.61. The van der Waals surface area contributed by atoms with Crippen molar-refractivity contribution in [1.82, 2.24) is 16.0 Å². The van der Waals surface area contributed by atoms with Crippen LogP contribution in [0.25, 0.3) is 0 Å². The largest absolute Gasteiger partial charge is 0.454 e. The average molecular weight is 285 g/mol. The first kappa shape index (κ1) is 15.9. The van der Waals surface area contributed by atoms with Crippen molar-refractivity contribution in [2.75, 3.05) is 6.61 Å². The number of hydrogen-bond acceptors (Lipinski definition) is 5. The first-order chi connectivity index (χ1) is 9.42. The highest BCUT2D eigenvalue weighted by Gasteiger charge is 2.28. The van der Waals surface area contributed by atoms with Crippen molar-refractivity contribution < 1.29 is 23.9 Å². The number of urea groups is 1. The number of amides is 4. The highest BCUT2D eigenvalue weighted by Crippen LogP contribution is 2.07. The summed E-state index contributed by atoms with van der Waals surface area (Å²) in [6.45, 7) is 3.14. The molecule has 0 bridgehead atoms. The van der Waals surface area contributed by atoms with Gasteiger partial charge in [0.15, 0.2) is 6.61 Å². The summed E-state index contributed by atoms with van der Waals surface area (Å²) in [6.07, 6.45) is 1.36. The molecule has 112 valence electrons. The van der Waals surface area contributed by atoms with Gasteiger partial charge in [-0.25, -0.2) is 9.59 Å². The third-order valence-corrected chi connectivity index (χ3v) is 2.87. The SMILES string of the molecule is CC[C@@H](C)NC(=O)NC(=O)COC(=O)[C@@H]1CCC(=O)N1. The molecule has 0 aromatic rings. The van der Waals surface area contributed by atoms with Crippen molar-refractivity contribution in [3.63, 3.8) is 0 Å². The van der Waals surface area contributed by atoms with Gasteiger partial charge < -0.3 is 15.4 Å². The lowest BCUT2D eigenvalue weighted by Crippen LogP contribution is -2.45. The fourth-order valence-corrected chi connectivity index (χ4v) is 1.55. The van der Waals surface area contributed by atoms with E-state index in [-0.39, 0.29) is 18.4 Å². The predicted octanol–water partition coefficient (Wildman–Crippen LogP) is -0.567. The number of ether oxygens (including phenoxy) is 1. The molecule has 0 aromatic carbocycles. The van der Waals surface area contributed by atoms with Crippen LogP contribution in [0.4, 0.5) is 4.79 Å². The standard InChI is InChI=1S/C12H19N3O5/c1-3-7(2)13-12(19)15-10(17)6-20-11(18)8-4-5-9(16)14-8/h7-8H,3-6H2,1-2H3,(H,14,16)(H2,13,15,17,19)/t7-,8+/m1/s1. The van der Waals surface area contributed by atoms with E-state index in [2.05, 4.69) is 10.6 Å². The molecule has 1 aliphatic rings. The van der Waals surface area contributed by atoms with Crippen LogP contribution in [0.3, 0.4) is 0 Å². The Labute approximate surface area is 116 Å². The molecule has 0 aliphatic carbocycles. The number of hydrogen-bond donors (Lipinski definition) is 3. The van der Waals surface area contributed by atoms with Gasteiger partial charge in [0.1, 0.15) is 6.04 Å². The summed E-state index contributed by atoms with van der Waals surface area (Å²) >= 11 is 0. The minimum Gasteiger partial charge on any atom is -0.454 e. The molecule has 8 nitrogen and oxygen atoms in total. The molecule has 0 saturated carbocycles. The van der Waals surface area contributed by atoms with Gasteiger partial charge in [-0.15, -0.1) is 0 Å². The number of esters is 1. The zero-order chi connectivity index (χ0) is 15.1. The summed E-state index contributed by atoms with van der Waals surface area (Å²) in [5, 5.41) is 7.01. The average Bonchev–Trinajstić information content (AvgIpc) is 2.82. The lowest BCUT2D eigenvalue weighted by molar-refractivity contribution is -0.150. The van der Waals surface area contributed by atoms with Crippen LogP contribution >= 0.6 is 0 Å². The molecule has 1 rings (SSSR count). The topological polar surface area (TPSA) is 114 Å². The first-order valence-electron chi connectivity index (χ1n) is 6.48. The van der Waals surface area contributed by atoms with Crippen LogP contribution in [-0.2, 0) is 19.1 Å². The Morgan fingerprint density at radius 1 is 1.45 bits per heavy atom. The number of imide groups is 1. The van der Waals surface area contributed by atoms with E-state index in [1.54, 1.807) is 6.92 Å². The Morgan fingerprint density at radius 2 is 2.15 bits per heavy atom. The highest BCUT2D eigenvalue weighted by molar-refractivity contribution is 5.96. The van der Waals surface area contributed by atoms with Crippen molar-refractivity contribution in [2.45, 2.75) is 45.2 Å². The van der Waals surface area contributed by atoms with E-state index < -0.39 is 30.6 Å². The minimum atomic E-state index is -0.719. The van der Waals surface area contributed by atoms with E-state index in [4.69, 9.17) is 4.74 Å². The molecule has 1 saturated heterocycles. The molecule has 0 unspecified atom stereocenters. The van der Waals surface area contributed by atoms with Crippen LogP contribution in [0.15, 0.2) is 0 Å². The van der Waals surface area contributed by atoms with Crippen LogP contribution in [0, 0.1) is 0 Å². The number of carbonyl (C=O) groups excluding carboxylic acids is 4. The number of nitrogens with one attached hydrogen (secondary N) is 3. The molecule has 0 aromatic heterocycles. The maximum atomic E-state index is 11.5. The molecule has 8 heteroatoms. The van der Waals surface area contributed by atoms with Crippen LogP contribution in [0.5, 0.6) is 0 Å². The molecule has 3 N–H and O–H groups in total. The maximum absolute atomic E-state index is 11.5. The van der Waals surface area contributed by atoms with Crippen molar-refractivity contribution in [3.05, 3.63) is 0 Å². The fraction of sp³-hybridized carbons (Fsp3) is 0.667. The molecule has 2 atom stereocenters. The lowest BCUT2D eigenvalue weighted by atomic mass is 10.2. The molecule has 1 fully saturated rings. The van der Waals surface area contributed by atoms with Gasteiger partial charge >= 0.3 is 12.0 Å². The zero-order valence-corrected chi connectivity index (χ0v) is 11.5. The Kier molecular flexibility index (Phi) is 5.95. The van der Waals surface area contributed by atoms with Crippen molar-refractivity contribution in [3.8, 4) is 0 Å². The van der Waals surface area contributed by atoms with E-state index in [1.165, 1.54) is 0 Å². The molecular weight excluding hydrogens is 266 g/mol. The first-order valence-corrected chi connectivity index (χ1v) is 6.48. The van der Waals surface area contributed by atoms with Gasteiger partial charge in [-0.1, -0.05) is 6.92 Å². The van der Waals surface area contributed by atoms with Crippen molar-refractivity contribution in [1.29, 1.82) is 0 Å². The summed E-state index contributed by atoms with van der Waals surface area (Å²) in [6, 6.07) is -1.39. The Bertz CT molecular complexity index is 410. The number of carbonyl (C=O) groups is 4. The Balaban J connectivity index is 2.24. The van der Waals surface area contributed by atoms with E-state index in [1.807, 2.05) is 12.2 Å². The van der Waals surface area contributed by atoms with Crippen LogP contribution < -0.4 is 16.0 Å². The zero-order valence-electron chi connectivity index (χ0n) is 11.5. The minimum absolute atomic E-state index is 0.0564. The summed E-state index contributed by atoms with van der Waals surface area (Å²) in [4.78, 5) is 45.1. The molecule has 0 radical (unpaired) electrons. The van der Waals surface area contributed by atoms with E-state index in [9.17, 15) is 19.2 Å². The van der Waals surface area contributed by atoms with E-state index >= 15 is 0 Å². The fourth-order valence-electron chi connectivity index (χ4n) is 1.55. The molecular formula is C12H19N3O5. The van der Waals surface area contributed by atoms with Gasteiger partial charge in [-0.05, 0) is 19.8 Å². The summed E-state index contributed by atoms with van der Waals surface area (Å²) in [5.41, 5.74) is 0. The van der Waals surface area contributed by atoms with Crippen molar-refractivity contribution >= 4 is 23.8 Å². The smallest absolute Gasteiger partial charge is 0.329 e. The van der Waals surface area contributed by atoms with Crippen LogP contribution in [0.1, 0.15) is 33.1 Å². The van der Waals surface area contributed by atoms with Gasteiger partial charge in [-0.3, -0.25) is 14.9 Å². The van der Waals surface area contributed by atoms with Gasteiger partial charge in [0.2, 0.25) is 5.91 Å². The van der Waals surface area contributed by atoms with Gasteiger partial charge in [0.05, 0.1) is 0 Å².